The fourth-order valence-electron chi connectivity index (χ4n) is 5.84. The molecular weight excluding hydrogens is 470 g/mol. The monoisotopic (exact) mass is 498 g/mol. The number of carbonyl (C=O) groups excluding carboxylic acids is 2. The van der Waals surface area contributed by atoms with Gasteiger partial charge in [-0.2, -0.15) is 8.78 Å². The van der Waals surface area contributed by atoms with Crippen molar-refractivity contribution < 1.29 is 33.0 Å². The Bertz CT molecular complexity index is 1150. The third kappa shape index (κ3) is 4.66. The number of aliphatic carboxylic acids is 1. The van der Waals surface area contributed by atoms with Gasteiger partial charge in [0, 0.05) is 35.7 Å². The summed E-state index contributed by atoms with van der Waals surface area (Å²) in [5.74, 6) is -1.36. The predicted octanol–water partition coefficient (Wildman–Crippen LogP) is 5.01. The molecule has 9 heteroatoms. The SMILES string of the molecule is O=C(O)CCC(=O)N(C1CC1)[C@H]1c2ccccc2N(C(=O)c2ccc(OC(F)F)cc2)[C@@H]2CCC[C@@H]21. The van der Waals surface area contributed by atoms with Gasteiger partial charge in [0.2, 0.25) is 5.91 Å². The highest BCUT2D eigenvalue weighted by Gasteiger charge is 2.51. The summed E-state index contributed by atoms with van der Waals surface area (Å²) in [6.45, 7) is -2.94. The summed E-state index contributed by atoms with van der Waals surface area (Å²) in [4.78, 5) is 41.9. The molecule has 1 N–H and O–H groups in total. The van der Waals surface area contributed by atoms with E-state index in [1.54, 1.807) is 4.90 Å². The lowest BCUT2D eigenvalue weighted by atomic mass is 9.81. The standard InChI is InChI=1S/C27H28F2N2O5/c28-27(29)36-18-12-8-16(9-13-18)26(35)31-21-6-2-1-4-19(21)25(20-5-3-7-22(20)31)30(17-10-11-17)23(32)14-15-24(33)34/h1-2,4,6,8-9,12-13,17,20,22,25,27H,3,5,7,10-11,14-15H2,(H,33,34)/t20-,22+,25-/m0/s1. The van der Waals surface area contributed by atoms with Crippen molar-refractivity contribution in [2.45, 2.75) is 69.7 Å². The van der Waals surface area contributed by atoms with Crippen LogP contribution in [0.3, 0.4) is 0 Å². The highest BCUT2D eigenvalue weighted by molar-refractivity contribution is 6.07. The summed E-state index contributed by atoms with van der Waals surface area (Å²) in [6, 6.07) is 13.1. The Kier molecular flexibility index (Phi) is 6.64. The molecule has 0 spiro atoms. The summed E-state index contributed by atoms with van der Waals surface area (Å²) in [5.41, 5.74) is 1.99. The van der Waals surface area contributed by atoms with E-state index in [1.807, 2.05) is 29.2 Å². The van der Waals surface area contributed by atoms with Crippen LogP contribution in [0.4, 0.5) is 14.5 Å². The summed E-state index contributed by atoms with van der Waals surface area (Å²) in [7, 11) is 0. The van der Waals surface area contributed by atoms with E-state index in [2.05, 4.69) is 4.74 Å². The number of fused-ring (bicyclic) bond motifs is 2. The topological polar surface area (TPSA) is 87.2 Å². The number of para-hydroxylation sites is 1. The Hall–Kier alpha value is -3.49. The number of benzene rings is 2. The van der Waals surface area contributed by atoms with E-state index in [0.29, 0.717) is 5.56 Å². The zero-order valence-electron chi connectivity index (χ0n) is 19.7. The maximum Gasteiger partial charge on any atom is 0.387 e. The minimum Gasteiger partial charge on any atom is -0.481 e. The zero-order chi connectivity index (χ0) is 25.4. The maximum absolute atomic E-state index is 13.8. The Morgan fingerprint density at radius 3 is 2.39 bits per heavy atom. The van der Waals surface area contributed by atoms with Crippen molar-refractivity contribution in [1.29, 1.82) is 0 Å². The van der Waals surface area contributed by atoms with Gasteiger partial charge in [0.25, 0.3) is 5.91 Å². The van der Waals surface area contributed by atoms with E-state index < -0.39 is 12.6 Å². The number of anilines is 1. The first-order chi connectivity index (χ1) is 17.3. The van der Waals surface area contributed by atoms with Crippen molar-refractivity contribution in [3.63, 3.8) is 0 Å². The van der Waals surface area contributed by atoms with Crippen molar-refractivity contribution in [2.24, 2.45) is 5.92 Å². The molecule has 7 nitrogen and oxygen atoms in total. The van der Waals surface area contributed by atoms with Crippen molar-refractivity contribution >= 4 is 23.5 Å². The molecule has 0 aromatic heterocycles. The van der Waals surface area contributed by atoms with Crippen LogP contribution in [-0.4, -0.2) is 46.5 Å². The molecule has 0 unspecified atom stereocenters. The average molecular weight is 499 g/mol. The first kappa shape index (κ1) is 24.2. The molecule has 3 atom stereocenters. The van der Waals surface area contributed by atoms with Crippen molar-refractivity contribution in [3.8, 4) is 5.75 Å². The number of halogens is 2. The van der Waals surface area contributed by atoms with Crippen LogP contribution >= 0.6 is 0 Å². The molecule has 2 aromatic rings. The summed E-state index contributed by atoms with van der Waals surface area (Å²) < 4.78 is 29.5. The molecule has 2 aliphatic carbocycles. The second-order valence-corrected chi connectivity index (χ2v) is 9.67. The number of carbonyl (C=O) groups is 3. The molecule has 2 fully saturated rings. The number of ether oxygens (including phenoxy) is 1. The van der Waals surface area contributed by atoms with Gasteiger partial charge in [0.15, 0.2) is 0 Å². The first-order valence-corrected chi connectivity index (χ1v) is 12.4. The number of alkyl halides is 2. The van der Waals surface area contributed by atoms with Crippen LogP contribution in [0.25, 0.3) is 0 Å². The zero-order valence-corrected chi connectivity index (χ0v) is 19.7. The smallest absolute Gasteiger partial charge is 0.387 e. The van der Waals surface area contributed by atoms with Gasteiger partial charge in [-0.05, 0) is 61.6 Å². The molecule has 0 bridgehead atoms. The molecule has 190 valence electrons. The Balaban J connectivity index is 1.50. The van der Waals surface area contributed by atoms with Crippen LogP contribution in [0.5, 0.6) is 5.75 Å². The van der Waals surface area contributed by atoms with Crippen molar-refractivity contribution in [2.75, 3.05) is 4.90 Å². The van der Waals surface area contributed by atoms with E-state index in [-0.39, 0.29) is 54.4 Å². The molecule has 2 saturated carbocycles. The number of rotatable bonds is 8. The Morgan fingerprint density at radius 2 is 1.72 bits per heavy atom. The molecule has 1 heterocycles. The molecule has 0 radical (unpaired) electrons. The van der Waals surface area contributed by atoms with Gasteiger partial charge in [-0.3, -0.25) is 14.4 Å². The second kappa shape index (κ2) is 9.87. The van der Waals surface area contributed by atoms with Crippen molar-refractivity contribution in [3.05, 3.63) is 59.7 Å². The third-order valence-corrected chi connectivity index (χ3v) is 7.41. The van der Waals surface area contributed by atoms with E-state index in [0.717, 1.165) is 43.4 Å². The molecule has 2 aromatic carbocycles. The predicted molar refractivity (Wildman–Crippen MR) is 127 cm³/mol. The number of amides is 2. The van der Waals surface area contributed by atoms with Gasteiger partial charge in [0.05, 0.1) is 12.5 Å². The van der Waals surface area contributed by atoms with Crippen LogP contribution in [0.1, 0.15) is 66.9 Å². The highest BCUT2D eigenvalue weighted by atomic mass is 19.3. The molecule has 1 aliphatic heterocycles. The first-order valence-electron chi connectivity index (χ1n) is 12.4. The molecule has 2 amide bonds. The molecule has 5 rings (SSSR count). The molecular formula is C27H28F2N2O5. The lowest BCUT2D eigenvalue weighted by Crippen LogP contribution is -2.52. The molecule has 0 saturated heterocycles. The van der Waals surface area contributed by atoms with Gasteiger partial charge < -0.3 is 19.6 Å². The van der Waals surface area contributed by atoms with E-state index in [4.69, 9.17) is 5.11 Å². The minimum absolute atomic E-state index is 0.0145. The highest BCUT2D eigenvalue weighted by Crippen LogP contribution is 2.52. The van der Waals surface area contributed by atoms with Crippen LogP contribution in [0.15, 0.2) is 48.5 Å². The lowest BCUT2D eigenvalue weighted by Gasteiger charge is -2.48. The number of hydrogen-bond donors (Lipinski definition) is 1. The average Bonchev–Trinajstić information content (AvgIpc) is 3.57. The molecule has 3 aliphatic rings. The maximum atomic E-state index is 13.8. The largest absolute Gasteiger partial charge is 0.481 e. The van der Waals surface area contributed by atoms with Gasteiger partial charge in [-0.25, -0.2) is 0 Å². The normalized spacial score (nSPS) is 22.6. The number of nitrogens with zero attached hydrogens (tertiary/aromatic N) is 2. The van der Waals surface area contributed by atoms with Gasteiger partial charge >= 0.3 is 12.6 Å². The van der Waals surface area contributed by atoms with Crippen LogP contribution in [0.2, 0.25) is 0 Å². The van der Waals surface area contributed by atoms with Gasteiger partial charge in [-0.15, -0.1) is 0 Å². The van der Waals surface area contributed by atoms with E-state index in [1.165, 1.54) is 24.3 Å². The summed E-state index contributed by atoms with van der Waals surface area (Å²) in [5, 5.41) is 9.12. The van der Waals surface area contributed by atoms with Crippen LogP contribution < -0.4 is 9.64 Å². The second-order valence-electron chi connectivity index (χ2n) is 9.67. The number of carboxylic acids is 1. The van der Waals surface area contributed by atoms with Crippen molar-refractivity contribution in [1.82, 2.24) is 4.90 Å². The third-order valence-electron chi connectivity index (χ3n) is 7.41. The summed E-state index contributed by atoms with van der Waals surface area (Å²) >= 11 is 0. The summed E-state index contributed by atoms with van der Waals surface area (Å²) in [6.07, 6.45) is 4.08. The van der Waals surface area contributed by atoms with Gasteiger partial charge in [-0.1, -0.05) is 24.6 Å². The fourth-order valence-corrected chi connectivity index (χ4v) is 5.84. The van der Waals surface area contributed by atoms with Gasteiger partial charge in [0.1, 0.15) is 5.75 Å². The lowest BCUT2D eigenvalue weighted by molar-refractivity contribution is -0.142. The number of carboxylic acid groups (broad SMARTS) is 1. The van der Waals surface area contributed by atoms with E-state index >= 15 is 0 Å². The van der Waals surface area contributed by atoms with E-state index in [9.17, 15) is 23.2 Å². The Labute approximate surface area is 207 Å². The minimum atomic E-state index is -2.94. The Morgan fingerprint density at radius 1 is 1.00 bits per heavy atom. The fraction of sp³-hybridized carbons (Fsp3) is 0.444. The van der Waals surface area contributed by atoms with Crippen LogP contribution in [0, 0.1) is 5.92 Å². The van der Waals surface area contributed by atoms with Crippen LogP contribution in [-0.2, 0) is 9.59 Å². The number of hydrogen-bond acceptors (Lipinski definition) is 4. The quantitative estimate of drug-likeness (QED) is 0.553. The molecule has 36 heavy (non-hydrogen) atoms.